The zero-order valence-electron chi connectivity index (χ0n) is 15.9. The highest BCUT2D eigenvalue weighted by molar-refractivity contribution is 7.92. The van der Waals surface area contributed by atoms with E-state index in [1.807, 2.05) is 13.0 Å². The van der Waals surface area contributed by atoms with Gasteiger partial charge in [-0.2, -0.15) is 0 Å². The first-order valence-corrected chi connectivity index (χ1v) is 10.6. The lowest BCUT2D eigenvalue weighted by molar-refractivity contribution is 0.340. The van der Waals surface area contributed by atoms with E-state index in [1.54, 1.807) is 42.5 Å². The third-order valence-corrected chi connectivity index (χ3v) is 5.54. The Balaban J connectivity index is 1.91. The molecule has 0 amide bonds. The molecular formula is C21H20ClNO5S. The molecule has 8 heteroatoms. The Morgan fingerprint density at radius 1 is 0.931 bits per heavy atom. The first kappa shape index (κ1) is 20.8. The normalized spacial score (nSPS) is 11.0. The predicted molar refractivity (Wildman–Crippen MR) is 113 cm³/mol. The topological polar surface area (TPSA) is 73.9 Å². The summed E-state index contributed by atoms with van der Waals surface area (Å²) in [6, 6.07) is 17.9. The molecular weight excluding hydrogens is 414 g/mol. The van der Waals surface area contributed by atoms with Crippen molar-refractivity contribution in [3.63, 3.8) is 0 Å². The second-order valence-electron chi connectivity index (χ2n) is 5.90. The fraction of sp³-hybridized carbons (Fsp3) is 0.143. The summed E-state index contributed by atoms with van der Waals surface area (Å²) in [5.74, 6) is 1.84. The van der Waals surface area contributed by atoms with Crippen LogP contribution in [-0.2, 0) is 10.0 Å². The van der Waals surface area contributed by atoms with Gasteiger partial charge >= 0.3 is 0 Å². The number of hydrogen-bond acceptors (Lipinski definition) is 5. The lowest BCUT2D eigenvalue weighted by Gasteiger charge is -2.15. The Kier molecular flexibility index (Phi) is 6.51. The fourth-order valence-corrected chi connectivity index (χ4v) is 3.81. The zero-order chi connectivity index (χ0) is 20.9. The van der Waals surface area contributed by atoms with E-state index in [9.17, 15) is 8.42 Å². The SMILES string of the molecule is CCOc1ccc(S(=O)(=O)Nc2cc(Cl)ccc2Oc2ccccc2OC)cc1. The molecule has 152 valence electrons. The number of para-hydroxylation sites is 2. The largest absolute Gasteiger partial charge is 0.494 e. The summed E-state index contributed by atoms with van der Waals surface area (Å²) in [6.45, 7) is 2.35. The van der Waals surface area contributed by atoms with Crippen molar-refractivity contribution in [3.05, 3.63) is 71.8 Å². The maximum Gasteiger partial charge on any atom is 0.262 e. The number of rotatable bonds is 8. The average Bonchev–Trinajstić information content (AvgIpc) is 2.71. The minimum Gasteiger partial charge on any atom is -0.494 e. The van der Waals surface area contributed by atoms with E-state index in [2.05, 4.69) is 4.72 Å². The molecule has 0 saturated heterocycles. The highest BCUT2D eigenvalue weighted by atomic mass is 35.5. The Hall–Kier alpha value is -2.90. The Bertz CT molecular complexity index is 1080. The van der Waals surface area contributed by atoms with Crippen LogP contribution >= 0.6 is 11.6 Å². The number of sulfonamides is 1. The molecule has 0 aliphatic heterocycles. The number of hydrogen-bond donors (Lipinski definition) is 1. The quantitative estimate of drug-likeness (QED) is 0.519. The third-order valence-electron chi connectivity index (χ3n) is 3.92. The van der Waals surface area contributed by atoms with Crippen molar-refractivity contribution in [2.45, 2.75) is 11.8 Å². The molecule has 0 fully saturated rings. The van der Waals surface area contributed by atoms with E-state index in [0.717, 1.165) is 0 Å². The smallest absolute Gasteiger partial charge is 0.262 e. The summed E-state index contributed by atoms with van der Waals surface area (Å²) < 4.78 is 44.7. The standard InChI is InChI=1S/C21H20ClNO5S/c1-3-27-16-9-11-17(12-10-16)29(24,25)23-18-14-15(22)8-13-19(18)28-21-7-5-4-6-20(21)26-2/h4-14,23H,3H2,1-2H3. The molecule has 0 heterocycles. The van der Waals surface area contributed by atoms with Crippen molar-refractivity contribution in [3.8, 4) is 23.0 Å². The first-order chi connectivity index (χ1) is 13.9. The van der Waals surface area contributed by atoms with Gasteiger partial charge in [-0.1, -0.05) is 23.7 Å². The summed E-state index contributed by atoms with van der Waals surface area (Å²) in [4.78, 5) is 0.0872. The minimum atomic E-state index is -3.87. The molecule has 0 bridgehead atoms. The molecule has 0 saturated carbocycles. The number of benzene rings is 3. The van der Waals surface area contributed by atoms with Crippen molar-refractivity contribution in [1.82, 2.24) is 0 Å². The molecule has 0 atom stereocenters. The number of nitrogens with one attached hydrogen (secondary N) is 1. The molecule has 0 aliphatic carbocycles. The highest BCUT2D eigenvalue weighted by Crippen LogP contribution is 2.37. The minimum absolute atomic E-state index is 0.0872. The van der Waals surface area contributed by atoms with E-state index < -0.39 is 10.0 Å². The van der Waals surface area contributed by atoms with Gasteiger partial charge in [0.25, 0.3) is 10.0 Å². The van der Waals surface area contributed by atoms with Gasteiger partial charge in [-0.15, -0.1) is 0 Å². The summed E-state index contributed by atoms with van der Waals surface area (Å²) in [6.07, 6.45) is 0. The average molecular weight is 434 g/mol. The fourth-order valence-electron chi connectivity index (χ4n) is 2.58. The molecule has 29 heavy (non-hydrogen) atoms. The van der Waals surface area contributed by atoms with Crippen LogP contribution in [0.1, 0.15) is 6.92 Å². The van der Waals surface area contributed by atoms with Crippen LogP contribution in [-0.4, -0.2) is 22.1 Å². The summed E-state index contributed by atoms with van der Waals surface area (Å²) in [7, 11) is -2.34. The van der Waals surface area contributed by atoms with Crippen LogP contribution in [0, 0.1) is 0 Å². The first-order valence-electron chi connectivity index (χ1n) is 8.79. The van der Waals surface area contributed by atoms with Gasteiger partial charge in [0.2, 0.25) is 0 Å². The van der Waals surface area contributed by atoms with Gasteiger partial charge in [0.1, 0.15) is 5.75 Å². The molecule has 0 radical (unpaired) electrons. The predicted octanol–water partition coefficient (Wildman–Crippen LogP) is 5.34. The van der Waals surface area contributed by atoms with Crippen LogP contribution in [0.3, 0.4) is 0 Å². The molecule has 3 aromatic carbocycles. The van der Waals surface area contributed by atoms with Crippen molar-refractivity contribution in [1.29, 1.82) is 0 Å². The van der Waals surface area contributed by atoms with E-state index in [0.29, 0.717) is 28.9 Å². The Morgan fingerprint density at radius 2 is 1.62 bits per heavy atom. The van der Waals surface area contributed by atoms with Gasteiger partial charge in [-0.3, -0.25) is 4.72 Å². The molecule has 1 N–H and O–H groups in total. The van der Waals surface area contributed by atoms with Crippen LogP contribution in [0.5, 0.6) is 23.0 Å². The highest BCUT2D eigenvalue weighted by Gasteiger charge is 2.18. The van der Waals surface area contributed by atoms with Gasteiger partial charge in [0.15, 0.2) is 17.2 Å². The van der Waals surface area contributed by atoms with Gasteiger partial charge in [0, 0.05) is 5.02 Å². The van der Waals surface area contributed by atoms with Gasteiger partial charge < -0.3 is 14.2 Å². The van der Waals surface area contributed by atoms with E-state index in [-0.39, 0.29) is 16.3 Å². The lowest BCUT2D eigenvalue weighted by atomic mass is 10.3. The van der Waals surface area contributed by atoms with Gasteiger partial charge in [0.05, 0.1) is 24.3 Å². The number of ether oxygens (including phenoxy) is 3. The van der Waals surface area contributed by atoms with E-state index in [4.69, 9.17) is 25.8 Å². The number of methoxy groups -OCH3 is 1. The maximum absolute atomic E-state index is 12.8. The molecule has 0 spiro atoms. The maximum atomic E-state index is 12.8. The van der Waals surface area contributed by atoms with Gasteiger partial charge in [-0.25, -0.2) is 8.42 Å². The van der Waals surface area contributed by atoms with E-state index >= 15 is 0 Å². The van der Waals surface area contributed by atoms with Crippen LogP contribution in [0.25, 0.3) is 0 Å². The Labute approximate surface area is 175 Å². The van der Waals surface area contributed by atoms with Crippen LogP contribution < -0.4 is 18.9 Å². The van der Waals surface area contributed by atoms with Gasteiger partial charge in [-0.05, 0) is 61.5 Å². The molecule has 3 rings (SSSR count). The summed E-state index contributed by atoms with van der Waals surface area (Å²) in [5, 5.41) is 0.363. The summed E-state index contributed by atoms with van der Waals surface area (Å²) in [5.41, 5.74) is 0.206. The van der Waals surface area contributed by atoms with Crippen LogP contribution in [0.2, 0.25) is 5.02 Å². The molecule has 0 aromatic heterocycles. The van der Waals surface area contributed by atoms with Crippen LogP contribution in [0.15, 0.2) is 71.6 Å². The van der Waals surface area contributed by atoms with Crippen molar-refractivity contribution < 1.29 is 22.6 Å². The second kappa shape index (κ2) is 9.07. The number of anilines is 1. The summed E-state index contributed by atoms with van der Waals surface area (Å²) >= 11 is 6.08. The Morgan fingerprint density at radius 3 is 2.28 bits per heavy atom. The van der Waals surface area contributed by atoms with E-state index in [1.165, 1.54) is 25.3 Å². The van der Waals surface area contributed by atoms with Crippen molar-refractivity contribution >= 4 is 27.3 Å². The molecule has 0 aliphatic rings. The zero-order valence-corrected chi connectivity index (χ0v) is 17.5. The molecule has 3 aromatic rings. The lowest BCUT2D eigenvalue weighted by Crippen LogP contribution is -2.13. The van der Waals surface area contributed by atoms with Crippen LogP contribution in [0.4, 0.5) is 5.69 Å². The van der Waals surface area contributed by atoms with Crippen molar-refractivity contribution in [2.75, 3.05) is 18.4 Å². The van der Waals surface area contributed by atoms with Crippen molar-refractivity contribution in [2.24, 2.45) is 0 Å². The monoisotopic (exact) mass is 433 g/mol. The number of halogens is 1. The third kappa shape index (κ3) is 5.13. The second-order valence-corrected chi connectivity index (χ2v) is 8.02. The molecule has 6 nitrogen and oxygen atoms in total. The molecule has 0 unspecified atom stereocenters.